The fourth-order valence-corrected chi connectivity index (χ4v) is 6.22. The second-order valence-corrected chi connectivity index (χ2v) is 14.2. The molecule has 2 aromatic heterocycles. The number of amides is 2. The van der Waals surface area contributed by atoms with Crippen LogP contribution in [0.15, 0.2) is 152 Å². The summed E-state index contributed by atoms with van der Waals surface area (Å²) in [6, 6.07) is 43.1. The van der Waals surface area contributed by atoms with Crippen LogP contribution in [-0.4, -0.2) is 31.3 Å². The van der Waals surface area contributed by atoms with Gasteiger partial charge in [0, 0.05) is 35.7 Å². The van der Waals surface area contributed by atoms with Crippen LogP contribution >= 0.6 is 0 Å². The van der Waals surface area contributed by atoms with Crippen molar-refractivity contribution >= 4 is 51.8 Å². The third kappa shape index (κ3) is 8.77. The zero-order valence-corrected chi connectivity index (χ0v) is 31.0. The summed E-state index contributed by atoms with van der Waals surface area (Å²) in [4.78, 5) is 42.5. The number of rotatable bonds is 12. The molecule has 5 aromatic carbocycles. The average Bonchev–Trinajstić information content (AvgIpc) is 3.62. The number of hydrogen-bond acceptors (Lipinski definition) is 7. The van der Waals surface area contributed by atoms with E-state index in [1.54, 1.807) is 6.33 Å². The third-order valence-electron chi connectivity index (χ3n) is 9.08. The Morgan fingerprint density at radius 3 is 1.98 bits per heavy atom. The van der Waals surface area contributed by atoms with Gasteiger partial charge >= 0.3 is 0 Å². The number of nitrogens with zero attached hydrogens (tertiary/aromatic N) is 5. The summed E-state index contributed by atoms with van der Waals surface area (Å²) in [5.74, 6) is 0.467. The van der Waals surface area contributed by atoms with Crippen LogP contribution in [0.5, 0.6) is 0 Å². The molecule has 0 bridgehead atoms. The van der Waals surface area contributed by atoms with E-state index < -0.39 is 0 Å². The SMILES string of the molecule is C=CC(=O)Nc1cccc(-n2cnc3c(N(Cc4ccccc4)Cc4ccccc4)nc(Nc4cccc(NC(=O)c5ccc(C(C)(C)C)cc5)c4)nc32)c1. The van der Waals surface area contributed by atoms with E-state index >= 15 is 0 Å². The first-order valence-corrected chi connectivity index (χ1v) is 18.0. The van der Waals surface area contributed by atoms with Crippen LogP contribution in [-0.2, 0) is 23.3 Å². The van der Waals surface area contributed by atoms with Crippen molar-refractivity contribution in [2.45, 2.75) is 39.3 Å². The van der Waals surface area contributed by atoms with Crippen molar-refractivity contribution in [1.29, 1.82) is 0 Å². The molecular formula is C45H42N8O2. The lowest BCUT2D eigenvalue weighted by Gasteiger charge is -2.25. The highest BCUT2D eigenvalue weighted by molar-refractivity contribution is 6.04. The molecule has 55 heavy (non-hydrogen) atoms. The Balaban J connectivity index is 1.27. The van der Waals surface area contributed by atoms with E-state index in [-0.39, 0.29) is 17.2 Å². The second-order valence-electron chi connectivity index (χ2n) is 14.2. The zero-order valence-electron chi connectivity index (χ0n) is 31.0. The van der Waals surface area contributed by atoms with Gasteiger partial charge in [0.25, 0.3) is 5.91 Å². The van der Waals surface area contributed by atoms with Gasteiger partial charge < -0.3 is 20.9 Å². The van der Waals surface area contributed by atoms with Crippen molar-refractivity contribution in [2.24, 2.45) is 0 Å². The summed E-state index contributed by atoms with van der Waals surface area (Å²) in [7, 11) is 0. The minimum Gasteiger partial charge on any atom is -0.346 e. The van der Waals surface area contributed by atoms with E-state index in [1.165, 1.54) is 6.08 Å². The van der Waals surface area contributed by atoms with Gasteiger partial charge in [0.15, 0.2) is 17.0 Å². The summed E-state index contributed by atoms with van der Waals surface area (Å²) in [5, 5.41) is 9.26. The molecule has 10 heteroatoms. The predicted octanol–water partition coefficient (Wildman–Crippen LogP) is 9.44. The summed E-state index contributed by atoms with van der Waals surface area (Å²) in [5.41, 5.74) is 7.78. The molecule has 0 radical (unpaired) electrons. The van der Waals surface area contributed by atoms with Gasteiger partial charge in [-0.1, -0.05) is 112 Å². The number of benzene rings is 5. The van der Waals surface area contributed by atoms with Crippen LogP contribution < -0.4 is 20.9 Å². The van der Waals surface area contributed by atoms with Gasteiger partial charge in [-0.05, 0) is 76.7 Å². The van der Waals surface area contributed by atoms with Gasteiger partial charge in [0.2, 0.25) is 11.9 Å². The molecule has 0 saturated carbocycles. The molecule has 0 saturated heterocycles. The van der Waals surface area contributed by atoms with Crippen LogP contribution in [0.25, 0.3) is 16.9 Å². The number of anilines is 5. The van der Waals surface area contributed by atoms with Crippen molar-refractivity contribution in [2.75, 3.05) is 20.9 Å². The molecule has 2 amide bonds. The average molecular weight is 727 g/mol. The van der Waals surface area contributed by atoms with Crippen molar-refractivity contribution in [3.8, 4) is 5.69 Å². The summed E-state index contributed by atoms with van der Waals surface area (Å²) >= 11 is 0. The number of aromatic nitrogens is 4. The lowest BCUT2D eigenvalue weighted by atomic mass is 9.87. The number of nitrogens with one attached hydrogen (secondary N) is 3. The maximum atomic E-state index is 13.3. The standard InChI is InChI=1S/C45H42N8O2/c1-5-39(54)47-37-20-13-21-38(27-37)53-30-46-40-41(52(28-31-14-8-6-9-15-31)29-32-16-10-7-11-17-32)50-44(51-42(40)53)49-36-19-12-18-35(26-36)48-43(55)33-22-24-34(25-23-33)45(2,3)4/h5-27,30H,1,28-29H2,2-4H3,(H,47,54)(H,48,55)(H,49,50,51). The van der Waals surface area contributed by atoms with Crippen LogP contribution in [0.3, 0.4) is 0 Å². The van der Waals surface area contributed by atoms with Crippen molar-refractivity contribution in [3.63, 3.8) is 0 Å². The van der Waals surface area contributed by atoms with Crippen molar-refractivity contribution < 1.29 is 9.59 Å². The van der Waals surface area contributed by atoms with Crippen LogP contribution in [0.4, 0.5) is 28.8 Å². The first kappa shape index (κ1) is 36.3. The molecule has 0 aliphatic rings. The van der Waals surface area contributed by atoms with E-state index in [4.69, 9.17) is 15.0 Å². The Bertz CT molecular complexity index is 2410. The molecule has 274 valence electrons. The predicted molar refractivity (Wildman–Crippen MR) is 221 cm³/mol. The highest BCUT2D eigenvalue weighted by atomic mass is 16.2. The highest BCUT2D eigenvalue weighted by Crippen LogP contribution is 2.31. The van der Waals surface area contributed by atoms with Crippen LogP contribution in [0.1, 0.15) is 47.8 Å². The van der Waals surface area contributed by atoms with Gasteiger partial charge in [0.1, 0.15) is 6.33 Å². The Morgan fingerprint density at radius 1 is 0.727 bits per heavy atom. The first-order chi connectivity index (χ1) is 26.6. The van der Waals surface area contributed by atoms with E-state index in [9.17, 15) is 9.59 Å². The fraction of sp³-hybridized carbons (Fsp3) is 0.133. The normalized spacial score (nSPS) is 11.2. The Hall–Kier alpha value is -7.07. The molecule has 10 nitrogen and oxygen atoms in total. The lowest BCUT2D eigenvalue weighted by Crippen LogP contribution is -2.24. The van der Waals surface area contributed by atoms with Crippen molar-refractivity contribution in [3.05, 3.63) is 175 Å². The van der Waals surface area contributed by atoms with E-state index in [2.05, 4.69) is 72.5 Å². The van der Waals surface area contributed by atoms with Gasteiger partial charge in [-0.3, -0.25) is 14.2 Å². The third-order valence-corrected chi connectivity index (χ3v) is 9.08. The number of carbonyl (C=O) groups is 2. The molecule has 0 aliphatic heterocycles. The minimum absolute atomic E-state index is 0.00906. The molecule has 0 aliphatic carbocycles. The highest BCUT2D eigenvalue weighted by Gasteiger charge is 2.21. The maximum absolute atomic E-state index is 13.3. The number of hydrogen-bond donors (Lipinski definition) is 3. The smallest absolute Gasteiger partial charge is 0.255 e. The minimum atomic E-state index is -0.307. The largest absolute Gasteiger partial charge is 0.346 e. The van der Waals surface area contributed by atoms with Gasteiger partial charge in [-0.2, -0.15) is 9.97 Å². The fourth-order valence-electron chi connectivity index (χ4n) is 6.22. The molecule has 3 N–H and O–H groups in total. The van der Waals surface area contributed by atoms with E-state index in [1.807, 2.05) is 114 Å². The molecule has 0 spiro atoms. The second kappa shape index (κ2) is 15.9. The van der Waals surface area contributed by atoms with Crippen molar-refractivity contribution in [1.82, 2.24) is 19.5 Å². The van der Waals surface area contributed by atoms with Crippen LogP contribution in [0, 0.1) is 0 Å². The Labute approximate surface area is 320 Å². The number of fused-ring (bicyclic) bond motifs is 1. The zero-order chi connectivity index (χ0) is 38.4. The van der Waals surface area contributed by atoms with Gasteiger partial charge in [-0.15, -0.1) is 0 Å². The first-order valence-electron chi connectivity index (χ1n) is 18.0. The monoisotopic (exact) mass is 726 g/mol. The number of imidazole rings is 1. The topological polar surface area (TPSA) is 117 Å². The van der Waals surface area contributed by atoms with E-state index in [0.29, 0.717) is 58.6 Å². The number of carbonyl (C=O) groups excluding carboxylic acids is 2. The quantitative estimate of drug-likeness (QED) is 0.107. The van der Waals surface area contributed by atoms with Crippen LogP contribution in [0.2, 0.25) is 0 Å². The van der Waals surface area contributed by atoms with Gasteiger partial charge in [0.05, 0.1) is 5.69 Å². The molecule has 7 rings (SSSR count). The Kier molecular flexibility index (Phi) is 10.5. The maximum Gasteiger partial charge on any atom is 0.255 e. The summed E-state index contributed by atoms with van der Waals surface area (Å²) in [6.45, 7) is 11.1. The summed E-state index contributed by atoms with van der Waals surface area (Å²) in [6.07, 6.45) is 2.95. The molecule has 0 atom stereocenters. The molecule has 2 heterocycles. The molecule has 0 fully saturated rings. The Morgan fingerprint density at radius 2 is 1.35 bits per heavy atom. The van der Waals surface area contributed by atoms with Gasteiger partial charge in [-0.25, -0.2) is 4.98 Å². The van der Waals surface area contributed by atoms with E-state index in [0.717, 1.165) is 22.4 Å². The summed E-state index contributed by atoms with van der Waals surface area (Å²) < 4.78 is 1.88. The molecule has 0 unspecified atom stereocenters. The molecule has 7 aromatic rings. The molecular weight excluding hydrogens is 685 g/mol. The lowest BCUT2D eigenvalue weighted by molar-refractivity contribution is -0.111.